The van der Waals surface area contributed by atoms with Gasteiger partial charge >= 0.3 is 0 Å². The predicted octanol–water partition coefficient (Wildman–Crippen LogP) is 4.10. The molecule has 8 heteroatoms. The van der Waals surface area contributed by atoms with E-state index in [-0.39, 0.29) is 30.5 Å². The Hall–Kier alpha value is -2.97. The van der Waals surface area contributed by atoms with Crippen LogP contribution in [0.4, 0.5) is 4.39 Å². The number of benzene rings is 2. The SMILES string of the molecule is CCOC(OCC)c1ccc(COc2cc(F)cc3c2CN(C2CCCCNC2=O)C3=O)cc1. The van der Waals surface area contributed by atoms with Crippen LogP contribution in [0.1, 0.15) is 66.4 Å². The van der Waals surface area contributed by atoms with Gasteiger partial charge in [0.1, 0.15) is 24.2 Å². The summed E-state index contributed by atoms with van der Waals surface area (Å²) in [5.41, 5.74) is 2.67. The number of carbonyl (C=O) groups is 2. The number of nitrogens with zero attached hydrogens (tertiary/aromatic N) is 1. The van der Waals surface area contributed by atoms with Crippen LogP contribution in [-0.4, -0.2) is 42.5 Å². The maximum atomic E-state index is 14.4. The first kappa shape index (κ1) is 24.2. The van der Waals surface area contributed by atoms with Crippen molar-refractivity contribution in [3.8, 4) is 5.75 Å². The standard InChI is InChI=1S/C26H31FN2O5/c1-3-32-26(33-4-2)18-10-8-17(9-11-18)16-34-23-14-19(27)13-20-21(23)15-29(25(20)31)22-7-5-6-12-28-24(22)30/h8-11,13-14,22,26H,3-7,12,15-16H2,1-2H3,(H,28,30). The van der Waals surface area contributed by atoms with Gasteiger partial charge in [0.2, 0.25) is 5.91 Å². The summed E-state index contributed by atoms with van der Waals surface area (Å²) in [4.78, 5) is 27.1. The molecular formula is C26H31FN2O5. The van der Waals surface area contributed by atoms with Crippen molar-refractivity contribution in [1.82, 2.24) is 10.2 Å². The molecule has 1 atom stereocenters. The van der Waals surface area contributed by atoms with Crippen molar-refractivity contribution in [3.63, 3.8) is 0 Å². The average molecular weight is 471 g/mol. The Balaban J connectivity index is 1.48. The second kappa shape index (κ2) is 11.0. The molecule has 4 rings (SSSR count). The topological polar surface area (TPSA) is 77.1 Å². The molecule has 0 radical (unpaired) electrons. The molecule has 1 saturated heterocycles. The lowest BCUT2D eigenvalue weighted by Gasteiger charge is -2.25. The highest BCUT2D eigenvalue weighted by molar-refractivity contribution is 6.01. The van der Waals surface area contributed by atoms with E-state index in [0.717, 1.165) is 24.0 Å². The van der Waals surface area contributed by atoms with Gasteiger partial charge in [0.25, 0.3) is 5.91 Å². The first-order valence-electron chi connectivity index (χ1n) is 11.9. The summed E-state index contributed by atoms with van der Waals surface area (Å²) in [5.74, 6) is -0.700. The lowest BCUT2D eigenvalue weighted by atomic mass is 10.1. The maximum absolute atomic E-state index is 14.4. The van der Waals surface area contributed by atoms with E-state index in [9.17, 15) is 14.0 Å². The van der Waals surface area contributed by atoms with Crippen molar-refractivity contribution in [2.24, 2.45) is 0 Å². The van der Waals surface area contributed by atoms with Crippen LogP contribution >= 0.6 is 0 Å². The number of amides is 2. The van der Waals surface area contributed by atoms with E-state index in [1.807, 2.05) is 38.1 Å². The first-order valence-corrected chi connectivity index (χ1v) is 11.9. The summed E-state index contributed by atoms with van der Waals surface area (Å²) >= 11 is 0. The van der Waals surface area contributed by atoms with Crippen molar-refractivity contribution in [3.05, 3.63) is 64.5 Å². The first-order chi connectivity index (χ1) is 16.5. The molecule has 7 nitrogen and oxygen atoms in total. The molecule has 182 valence electrons. The second-order valence-corrected chi connectivity index (χ2v) is 8.44. The fraction of sp³-hybridized carbons (Fsp3) is 0.462. The van der Waals surface area contributed by atoms with Gasteiger partial charge in [-0.1, -0.05) is 24.3 Å². The zero-order chi connectivity index (χ0) is 24.1. The van der Waals surface area contributed by atoms with Gasteiger partial charge in [-0.25, -0.2) is 4.39 Å². The second-order valence-electron chi connectivity index (χ2n) is 8.44. The van der Waals surface area contributed by atoms with Crippen LogP contribution in [0.25, 0.3) is 0 Å². The van der Waals surface area contributed by atoms with E-state index >= 15 is 0 Å². The smallest absolute Gasteiger partial charge is 0.255 e. The van der Waals surface area contributed by atoms with E-state index in [4.69, 9.17) is 14.2 Å². The van der Waals surface area contributed by atoms with Gasteiger partial charge in [-0.2, -0.15) is 0 Å². The molecule has 2 amide bonds. The minimum atomic E-state index is -0.547. The normalized spacial score (nSPS) is 18.1. The highest BCUT2D eigenvalue weighted by Gasteiger charge is 2.38. The summed E-state index contributed by atoms with van der Waals surface area (Å²) in [5, 5.41) is 2.86. The molecule has 2 heterocycles. The van der Waals surface area contributed by atoms with Gasteiger partial charge in [0.05, 0.1) is 12.1 Å². The molecule has 0 saturated carbocycles. The fourth-order valence-electron chi connectivity index (χ4n) is 4.44. The van der Waals surface area contributed by atoms with Gasteiger partial charge in [0.15, 0.2) is 6.29 Å². The van der Waals surface area contributed by atoms with Crippen LogP contribution in [0.5, 0.6) is 5.75 Å². The van der Waals surface area contributed by atoms with Gasteiger partial charge in [-0.05, 0) is 44.7 Å². The van der Waals surface area contributed by atoms with Crippen molar-refractivity contribution in [1.29, 1.82) is 0 Å². The molecule has 2 aromatic carbocycles. The third kappa shape index (κ3) is 5.23. The number of hydrogen-bond donors (Lipinski definition) is 1. The molecule has 2 aliphatic rings. The predicted molar refractivity (Wildman–Crippen MR) is 124 cm³/mol. The Morgan fingerprint density at radius 3 is 2.53 bits per heavy atom. The van der Waals surface area contributed by atoms with Crippen molar-refractivity contribution >= 4 is 11.8 Å². The third-order valence-electron chi connectivity index (χ3n) is 6.16. The van der Waals surface area contributed by atoms with Crippen molar-refractivity contribution in [2.45, 2.75) is 58.6 Å². The Morgan fingerprint density at radius 1 is 1.09 bits per heavy atom. The molecule has 1 fully saturated rings. The quantitative estimate of drug-likeness (QED) is 0.559. The summed E-state index contributed by atoms with van der Waals surface area (Å²) in [6, 6.07) is 9.64. The van der Waals surface area contributed by atoms with E-state index in [1.54, 1.807) is 0 Å². The Bertz CT molecular complexity index is 1020. The van der Waals surface area contributed by atoms with Gasteiger partial charge in [0, 0.05) is 37.0 Å². The van der Waals surface area contributed by atoms with Gasteiger partial charge in [-0.3, -0.25) is 9.59 Å². The largest absolute Gasteiger partial charge is 0.488 e. The number of carbonyl (C=O) groups excluding carboxylic acids is 2. The van der Waals surface area contributed by atoms with Crippen molar-refractivity contribution < 1.29 is 28.2 Å². The monoisotopic (exact) mass is 470 g/mol. The number of hydrogen-bond acceptors (Lipinski definition) is 5. The van der Waals surface area contributed by atoms with Crippen LogP contribution in [0.15, 0.2) is 36.4 Å². The lowest BCUT2D eigenvalue weighted by molar-refractivity contribution is -0.140. The molecule has 2 aromatic rings. The van der Waals surface area contributed by atoms with Gasteiger partial charge in [-0.15, -0.1) is 0 Å². The Labute approximate surface area is 199 Å². The molecular weight excluding hydrogens is 439 g/mol. The van der Waals surface area contributed by atoms with Crippen molar-refractivity contribution in [2.75, 3.05) is 19.8 Å². The maximum Gasteiger partial charge on any atom is 0.255 e. The molecule has 2 aliphatic heterocycles. The van der Waals surface area contributed by atoms with E-state index in [0.29, 0.717) is 37.5 Å². The number of fused-ring (bicyclic) bond motifs is 1. The summed E-state index contributed by atoms with van der Waals surface area (Å²) in [7, 11) is 0. The van der Waals surface area contributed by atoms with E-state index in [1.165, 1.54) is 17.0 Å². The van der Waals surface area contributed by atoms with Gasteiger partial charge < -0.3 is 24.4 Å². The van der Waals surface area contributed by atoms with Crippen LogP contribution in [0.2, 0.25) is 0 Å². The van der Waals surface area contributed by atoms with Crippen LogP contribution in [0.3, 0.4) is 0 Å². The fourth-order valence-corrected chi connectivity index (χ4v) is 4.44. The van der Waals surface area contributed by atoms with E-state index in [2.05, 4.69) is 5.32 Å². The molecule has 1 N–H and O–H groups in total. The van der Waals surface area contributed by atoms with Crippen LogP contribution < -0.4 is 10.1 Å². The molecule has 0 bridgehead atoms. The highest BCUT2D eigenvalue weighted by Crippen LogP contribution is 2.35. The number of halogens is 1. The number of rotatable bonds is 9. The summed E-state index contributed by atoms with van der Waals surface area (Å²) < 4.78 is 31.6. The zero-order valence-corrected chi connectivity index (χ0v) is 19.6. The number of ether oxygens (including phenoxy) is 3. The summed E-state index contributed by atoms with van der Waals surface area (Å²) in [6.45, 7) is 5.96. The molecule has 0 aromatic heterocycles. The Kier molecular flexibility index (Phi) is 7.80. The van der Waals surface area contributed by atoms with Crippen LogP contribution in [-0.2, 0) is 27.4 Å². The Morgan fingerprint density at radius 2 is 1.82 bits per heavy atom. The molecule has 1 unspecified atom stereocenters. The lowest BCUT2D eigenvalue weighted by Crippen LogP contribution is -2.45. The number of nitrogens with one attached hydrogen (secondary N) is 1. The zero-order valence-electron chi connectivity index (χ0n) is 19.6. The van der Waals surface area contributed by atoms with Crippen LogP contribution in [0, 0.1) is 5.82 Å². The molecule has 0 spiro atoms. The minimum Gasteiger partial charge on any atom is -0.488 e. The average Bonchev–Trinajstić information content (AvgIpc) is 3.00. The molecule has 0 aliphatic carbocycles. The highest BCUT2D eigenvalue weighted by atomic mass is 19.1. The third-order valence-corrected chi connectivity index (χ3v) is 6.16. The van der Waals surface area contributed by atoms with E-state index < -0.39 is 18.1 Å². The minimum absolute atomic E-state index is 0.154. The molecule has 34 heavy (non-hydrogen) atoms. The summed E-state index contributed by atoms with van der Waals surface area (Å²) in [6.07, 6.45) is 1.91.